The van der Waals surface area contributed by atoms with Crippen LogP contribution in [0.5, 0.6) is 0 Å². The lowest BCUT2D eigenvalue weighted by molar-refractivity contribution is 0.103. The van der Waals surface area contributed by atoms with Crippen LogP contribution in [0.2, 0.25) is 0 Å². The second kappa shape index (κ2) is 5.50. The van der Waals surface area contributed by atoms with Gasteiger partial charge < -0.3 is 4.52 Å². The maximum Gasteiger partial charge on any atom is 0.170 e. The molecule has 0 spiro atoms. The van der Waals surface area contributed by atoms with Gasteiger partial charge in [0.05, 0.1) is 0 Å². The van der Waals surface area contributed by atoms with Crippen LogP contribution in [-0.2, 0) is 6.54 Å². The minimum absolute atomic E-state index is 0.286. The standard InChI is InChI=1S/C15H20FN3O/c1-11(2)19-7-5-18(6-8-19)10-14-13-4-3-12(16)9-15(13)20-17-14/h3-4,9,11H,5-8,10H2,1-2H3. The van der Waals surface area contributed by atoms with Gasteiger partial charge in [-0.25, -0.2) is 4.39 Å². The average molecular weight is 277 g/mol. The van der Waals surface area contributed by atoms with E-state index in [0.717, 1.165) is 43.8 Å². The lowest BCUT2D eigenvalue weighted by atomic mass is 10.2. The molecule has 20 heavy (non-hydrogen) atoms. The molecule has 2 heterocycles. The van der Waals surface area contributed by atoms with E-state index in [1.165, 1.54) is 12.1 Å². The number of benzene rings is 1. The highest BCUT2D eigenvalue weighted by Crippen LogP contribution is 2.21. The molecule has 0 N–H and O–H groups in total. The minimum Gasteiger partial charge on any atom is -0.356 e. The number of fused-ring (bicyclic) bond motifs is 1. The molecular formula is C15H20FN3O. The van der Waals surface area contributed by atoms with Gasteiger partial charge in [-0.05, 0) is 26.0 Å². The summed E-state index contributed by atoms with van der Waals surface area (Å²) >= 11 is 0. The summed E-state index contributed by atoms with van der Waals surface area (Å²) in [5, 5.41) is 5.00. The van der Waals surface area contributed by atoms with E-state index in [0.29, 0.717) is 11.6 Å². The first-order valence-corrected chi connectivity index (χ1v) is 7.13. The van der Waals surface area contributed by atoms with E-state index in [2.05, 4.69) is 28.8 Å². The molecule has 0 atom stereocenters. The Bertz CT molecular complexity index is 588. The zero-order chi connectivity index (χ0) is 14.1. The second-order valence-electron chi connectivity index (χ2n) is 5.68. The summed E-state index contributed by atoms with van der Waals surface area (Å²) in [5.41, 5.74) is 1.43. The minimum atomic E-state index is -0.286. The summed E-state index contributed by atoms with van der Waals surface area (Å²) in [6.07, 6.45) is 0. The van der Waals surface area contributed by atoms with Crippen molar-refractivity contribution in [2.45, 2.75) is 26.4 Å². The number of halogens is 1. The third kappa shape index (κ3) is 2.69. The molecule has 1 aliphatic rings. The molecule has 0 amide bonds. The maximum atomic E-state index is 13.1. The molecule has 1 saturated heterocycles. The third-order valence-electron chi connectivity index (χ3n) is 4.02. The van der Waals surface area contributed by atoms with Gasteiger partial charge in [-0.15, -0.1) is 0 Å². The van der Waals surface area contributed by atoms with Gasteiger partial charge in [0.1, 0.15) is 11.5 Å². The van der Waals surface area contributed by atoms with Gasteiger partial charge in [-0.2, -0.15) is 0 Å². The molecule has 1 aromatic heterocycles. The van der Waals surface area contributed by atoms with Gasteiger partial charge in [0.15, 0.2) is 5.58 Å². The smallest absolute Gasteiger partial charge is 0.170 e. The van der Waals surface area contributed by atoms with Gasteiger partial charge in [0.2, 0.25) is 0 Å². The summed E-state index contributed by atoms with van der Waals surface area (Å²) in [6.45, 7) is 9.47. The highest BCUT2D eigenvalue weighted by molar-refractivity contribution is 5.79. The number of hydrogen-bond acceptors (Lipinski definition) is 4. The molecule has 2 aromatic rings. The van der Waals surface area contributed by atoms with Gasteiger partial charge in [0.25, 0.3) is 0 Å². The molecule has 0 bridgehead atoms. The van der Waals surface area contributed by atoms with Crippen molar-refractivity contribution in [2.24, 2.45) is 0 Å². The lowest BCUT2D eigenvalue weighted by Gasteiger charge is -2.36. The van der Waals surface area contributed by atoms with Gasteiger partial charge in [-0.3, -0.25) is 9.80 Å². The Morgan fingerprint density at radius 2 is 2.00 bits per heavy atom. The Morgan fingerprint density at radius 3 is 2.70 bits per heavy atom. The summed E-state index contributed by atoms with van der Waals surface area (Å²) in [6, 6.07) is 5.20. The first-order chi connectivity index (χ1) is 9.63. The van der Waals surface area contributed by atoms with Crippen LogP contribution in [-0.4, -0.2) is 47.2 Å². The predicted molar refractivity (Wildman–Crippen MR) is 76.0 cm³/mol. The van der Waals surface area contributed by atoms with E-state index in [9.17, 15) is 4.39 Å². The zero-order valence-corrected chi connectivity index (χ0v) is 12.0. The Hall–Kier alpha value is -1.46. The fraction of sp³-hybridized carbons (Fsp3) is 0.533. The number of rotatable bonds is 3. The van der Waals surface area contributed by atoms with Crippen LogP contribution in [0.25, 0.3) is 11.0 Å². The summed E-state index contributed by atoms with van der Waals surface area (Å²) in [5.74, 6) is -0.286. The van der Waals surface area contributed by atoms with Crippen molar-refractivity contribution >= 4 is 11.0 Å². The molecule has 0 unspecified atom stereocenters. The van der Waals surface area contributed by atoms with Gasteiger partial charge in [-0.1, -0.05) is 5.16 Å². The van der Waals surface area contributed by atoms with Crippen molar-refractivity contribution in [2.75, 3.05) is 26.2 Å². The number of aromatic nitrogens is 1. The molecular weight excluding hydrogens is 257 g/mol. The molecule has 5 heteroatoms. The highest BCUT2D eigenvalue weighted by Gasteiger charge is 2.20. The van der Waals surface area contributed by atoms with E-state index < -0.39 is 0 Å². The topological polar surface area (TPSA) is 32.5 Å². The second-order valence-corrected chi connectivity index (χ2v) is 5.68. The predicted octanol–water partition coefficient (Wildman–Crippen LogP) is 2.49. The van der Waals surface area contributed by atoms with Gasteiger partial charge >= 0.3 is 0 Å². The number of piperazine rings is 1. The van der Waals surface area contributed by atoms with E-state index in [1.807, 2.05) is 0 Å². The molecule has 108 valence electrons. The molecule has 1 fully saturated rings. The van der Waals surface area contributed by atoms with Crippen molar-refractivity contribution < 1.29 is 8.91 Å². The lowest BCUT2D eigenvalue weighted by Crippen LogP contribution is -2.48. The SMILES string of the molecule is CC(C)N1CCN(Cc2noc3cc(F)ccc23)CC1. The molecule has 0 aliphatic carbocycles. The number of nitrogens with zero attached hydrogens (tertiary/aromatic N) is 3. The first kappa shape index (κ1) is 13.5. The molecule has 3 rings (SSSR count). The quantitative estimate of drug-likeness (QED) is 0.863. The fourth-order valence-electron chi connectivity index (χ4n) is 2.73. The molecule has 1 aromatic carbocycles. The van der Waals surface area contributed by atoms with Gasteiger partial charge in [0, 0.05) is 50.2 Å². The van der Waals surface area contributed by atoms with Crippen molar-refractivity contribution in [1.82, 2.24) is 15.0 Å². The van der Waals surface area contributed by atoms with E-state index in [4.69, 9.17) is 4.52 Å². The maximum absolute atomic E-state index is 13.1. The molecule has 4 nitrogen and oxygen atoms in total. The Morgan fingerprint density at radius 1 is 1.25 bits per heavy atom. The summed E-state index contributed by atoms with van der Waals surface area (Å²) < 4.78 is 18.3. The Kier molecular flexibility index (Phi) is 3.72. The summed E-state index contributed by atoms with van der Waals surface area (Å²) in [4.78, 5) is 4.85. The van der Waals surface area contributed by atoms with Crippen LogP contribution >= 0.6 is 0 Å². The van der Waals surface area contributed by atoms with E-state index >= 15 is 0 Å². The summed E-state index contributed by atoms with van der Waals surface area (Å²) in [7, 11) is 0. The van der Waals surface area contributed by atoms with E-state index in [-0.39, 0.29) is 5.82 Å². The zero-order valence-electron chi connectivity index (χ0n) is 12.0. The van der Waals surface area contributed by atoms with Crippen molar-refractivity contribution in [1.29, 1.82) is 0 Å². The van der Waals surface area contributed by atoms with E-state index in [1.54, 1.807) is 6.07 Å². The first-order valence-electron chi connectivity index (χ1n) is 7.13. The molecule has 0 radical (unpaired) electrons. The monoisotopic (exact) mass is 277 g/mol. The fourth-order valence-corrected chi connectivity index (χ4v) is 2.73. The number of hydrogen-bond donors (Lipinski definition) is 0. The largest absolute Gasteiger partial charge is 0.356 e. The Labute approximate surface area is 118 Å². The average Bonchev–Trinajstić information content (AvgIpc) is 2.81. The van der Waals surface area contributed by atoms with Crippen LogP contribution in [0.1, 0.15) is 19.5 Å². The van der Waals surface area contributed by atoms with Crippen LogP contribution < -0.4 is 0 Å². The van der Waals surface area contributed by atoms with Crippen molar-refractivity contribution in [3.05, 3.63) is 29.7 Å². The Balaban J connectivity index is 1.68. The molecule has 0 saturated carbocycles. The van der Waals surface area contributed by atoms with Crippen LogP contribution in [0.3, 0.4) is 0 Å². The van der Waals surface area contributed by atoms with Crippen molar-refractivity contribution in [3.8, 4) is 0 Å². The normalized spacial score (nSPS) is 18.2. The molecule has 1 aliphatic heterocycles. The van der Waals surface area contributed by atoms with Crippen LogP contribution in [0, 0.1) is 5.82 Å². The third-order valence-corrected chi connectivity index (χ3v) is 4.02. The highest BCUT2D eigenvalue weighted by atomic mass is 19.1. The van der Waals surface area contributed by atoms with Crippen LogP contribution in [0.4, 0.5) is 4.39 Å². The van der Waals surface area contributed by atoms with Crippen LogP contribution in [0.15, 0.2) is 22.7 Å². The van der Waals surface area contributed by atoms with Crippen molar-refractivity contribution in [3.63, 3.8) is 0 Å².